The summed E-state index contributed by atoms with van der Waals surface area (Å²) >= 11 is 0. The first-order valence-corrected chi connectivity index (χ1v) is 7.75. The number of hydrogen-bond acceptors (Lipinski definition) is 4. The van der Waals surface area contributed by atoms with Crippen LogP contribution in [0.4, 0.5) is 0 Å². The predicted octanol–water partition coefficient (Wildman–Crippen LogP) is 2.35. The zero-order valence-corrected chi connectivity index (χ0v) is 13.9. The van der Waals surface area contributed by atoms with E-state index >= 15 is 0 Å². The van der Waals surface area contributed by atoms with E-state index in [-0.39, 0.29) is 0 Å². The van der Waals surface area contributed by atoms with Gasteiger partial charge in [0, 0.05) is 25.8 Å². The van der Waals surface area contributed by atoms with E-state index < -0.39 is 0 Å². The van der Waals surface area contributed by atoms with Crippen LogP contribution in [-0.4, -0.2) is 37.7 Å². The number of methoxy groups -OCH3 is 1. The molecule has 124 valence electrons. The average Bonchev–Trinajstić information content (AvgIpc) is 3.02. The lowest BCUT2D eigenvalue weighted by Crippen LogP contribution is -2.38. The van der Waals surface area contributed by atoms with Crippen LogP contribution in [0.15, 0.2) is 39.9 Å². The highest BCUT2D eigenvalue weighted by molar-refractivity contribution is 5.79. The van der Waals surface area contributed by atoms with Gasteiger partial charge in [-0.1, -0.05) is 29.8 Å². The highest BCUT2D eigenvalue weighted by Gasteiger charge is 2.06. The van der Waals surface area contributed by atoms with Gasteiger partial charge in [-0.05, 0) is 13.8 Å². The normalized spacial score (nSPS) is 11.5. The van der Waals surface area contributed by atoms with Gasteiger partial charge in [-0.25, -0.2) is 9.98 Å². The highest BCUT2D eigenvalue weighted by Crippen LogP contribution is 2.20. The van der Waals surface area contributed by atoms with Gasteiger partial charge in [0.2, 0.25) is 5.89 Å². The van der Waals surface area contributed by atoms with Crippen molar-refractivity contribution in [2.24, 2.45) is 4.99 Å². The zero-order valence-electron chi connectivity index (χ0n) is 13.9. The van der Waals surface area contributed by atoms with E-state index in [2.05, 4.69) is 39.7 Å². The first kappa shape index (κ1) is 17.0. The smallest absolute Gasteiger partial charge is 0.216 e. The molecule has 0 fully saturated rings. The number of aromatic nitrogens is 1. The minimum absolute atomic E-state index is 0.383. The van der Waals surface area contributed by atoms with Crippen LogP contribution in [0.2, 0.25) is 0 Å². The molecule has 1 heterocycles. The lowest BCUT2D eigenvalue weighted by Gasteiger charge is -2.09. The molecule has 0 spiro atoms. The predicted molar refractivity (Wildman–Crippen MR) is 91.4 cm³/mol. The Morgan fingerprint density at radius 2 is 2.04 bits per heavy atom. The monoisotopic (exact) mass is 316 g/mol. The highest BCUT2D eigenvalue weighted by atomic mass is 16.5. The maximum atomic E-state index is 5.77. The fraction of sp³-hybridized carbons (Fsp3) is 0.412. The Balaban J connectivity index is 1.99. The molecular formula is C17H24N4O2. The first-order valence-electron chi connectivity index (χ1n) is 7.75. The molecular weight excluding hydrogens is 292 g/mol. The number of rotatable bonds is 7. The summed E-state index contributed by atoms with van der Waals surface area (Å²) in [4.78, 5) is 8.75. The Kier molecular flexibility index (Phi) is 6.62. The van der Waals surface area contributed by atoms with Crippen LogP contribution < -0.4 is 10.6 Å². The quantitative estimate of drug-likeness (QED) is 0.466. The minimum Gasteiger partial charge on any atom is -0.439 e. The molecule has 0 bridgehead atoms. The lowest BCUT2D eigenvalue weighted by atomic mass is 10.1. The second-order valence-corrected chi connectivity index (χ2v) is 5.10. The SMILES string of the molecule is CCNC(=NCc1ncc(-c2ccc(C)cc2)o1)NCCOC. The molecule has 6 heteroatoms. The molecule has 1 aromatic heterocycles. The molecule has 1 aromatic carbocycles. The molecule has 0 saturated carbocycles. The number of benzene rings is 1. The summed E-state index contributed by atoms with van der Waals surface area (Å²) in [6, 6.07) is 8.16. The fourth-order valence-electron chi connectivity index (χ4n) is 1.99. The van der Waals surface area contributed by atoms with Crippen LogP contribution in [0.1, 0.15) is 18.4 Å². The summed E-state index contributed by atoms with van der Waals surface area (Å²) in [5, 5.41) is 6.35. The van der Waals surface area contributed by atoms with Gasteiger partial charge in [-0.2, -0.15) is 0 Å². The molecule has 2 aromatic rings. The molecule has 2 rings (SSSR count). The standard InChI is InChI=1S/C17H24N4O2/c1-4-18-17(19-9-10-22-3)21-12-16-20-11-15(23-16)14-7-5-13(2)6-8-14/h5-8,11H,4,9-10,12H2,1-3H3,(H2,18,19,21). The maximum Gasteiger partial charge on any atom is 0.216 e. The van der Waals surface area contributed by atoms with Gasteiger partial charge >= 0.3 is 0 Å². The number of ether oxygens (including phenoxy) is 1. The van der Waals surface area contributed by atoms with Crippen LogP contribution in [0.5, 0.6) is 0 Å². The molecule has 2 N–H and O–H groups in total. The van der Waals surface area contributed by atoms with E-state index in [0.29, 0.717) is 25.6 Å². The second kappa shape index (κ2) is 8.95. The van der Waals surface area contributed by atoms with E-state index in [0.717, 1.165) is 23.8 Å². The van der Waals surface area contributed by atoms with E-state index in [4.69, 9.17) is 9.15 Å². The third-order valence-electron chi connectivity index (χ3n) is 3.20. The summed E-state index contributed by atoms with van der Waals surface area (Å²) in [5.41, 5.74) is 2.24. The second-order valence-electron chi connectivity index (χ2n) is 5.10. The van der Waals surface area contributed by atoms with Crippen molar-refractivity contribution in [3.05, 3.63) is 41.9 Å². The van der Waals surface area contributed by atoms with Crippen LogP contribution >= 0.6 is 0 Å². The van der Waals surface area contributed by atoms with Gasteiger partial charge in [0.15, 0.2) is 11.7 Å². The molecule has 23 heavy (non-hydrogen) atoms. The van der Waals surface area contributed by atoms with E-state index in [1.165, 1.54) is 5.56 Å². The van der Waals surface area contributed by atoms with E-state index in [9.17, 15) is 0 Å². The molecule has 0 amide bonds. The van der Waals surface area contributed by atoms with Crippen LogP contribution in [0.3, 0.4) is 0 Å². The summed E-state index contributed by atoms with van der Waals surface area (Å²) in [6.45, 7) is 6.58. The molecule has 0 aliphatic carbocycles. The van der Waals surface area contributed by atoms with Crippen molar-refractivity contribution in [1.29, 1.82) is 0 Å². The van der Waals surface area contributed by atoms with Gasteiger partial charge in [-0.15, -0.1) is 0 Å². The van der Waals surface area contributed by atoms with Crippen LogP contribution in [0.25, 0.3) is 11.3 Å². The van der Waals surface area contributed by atoms with Crippen molar-refractivity contribution in [3.8, 4) is 11.3 Å². The van der Waals surface area contributed by atoms with Gasteiger partial charge in [0.05, 0.1) is 12.8 Å². The van der Waals surface area contributed by atoms with E-state index in [1.54, 1.807) is 13.3 Å². The Morgan fingerprint density at radius 3 is 2.74 bits per heavy atom. The third-order valence-corrected chi connectivity index (χ3v) is 3.20. The number of nitrogens with one attached hydrogen (secondary N) is 2. The van der Waals surface area contributed by atoms with Gasteiger partial charge in [0.1, 0.15) is 6.54 Å². The van der Waals surface area contributed by atoms with Crippen LogP contribution in [0, 0.1) is 6.92 Å². The Morgan fingerprint density at radius 1 is 1.26 bits per heavy atom. The Hall–Kier alpha value is -2.34. The topological polar surface area (TPSA) is 71.7 Å². The van der Waals surface area contributed by atoms with Crippen LogP contribution in [-0.2, 0) is 11.3 Å². The zero-order chi connectivity index (χ0) is 16.5. The van der Waals surface area contributed by atoms with Gasteiger partial charge in [0.25, 0.3) is 0 Å². The van der Waals surface area contributed by atoms with Crippen molar-refractivity contribution in [2.45, 2.75) is 20.4 Å². The van der Waals surface area contributed by atoms with Crippen molar-refractivity contribution < 1.29 is 9.15 Å². The Bertz CT molecular complexity index is 620. The summed E-state index contributed by atoms with van der Waals surface area (Å²) < 4.78 is 10.8. The number of aliphatic imine (C=N–C) groups is 1. The average molecular weight is 316 g/mol. The maximum absolute atomic E-state index is 5.77. The number of guanidine groups is 1. The summed E-state index contributed by atoms with van der Waals surface area (Å²) in [5.74, 6) is 2.07. The molecule has 0 aliphatic rings. The first-order chi connectivity index (χ1) is 11.2. The molecule has 0 saturated heterocycles. The van der Waals surface area contributed by atoms with Crippen molar-refractivity contribution in [1.82, 2.24) is 15.6 Å². The van der Waals surface area contributed by atoms with Crippen molar-refractivity contribution in [3.63, 3.8) is 0 Å². The number of oxazole rings is 1. The van der Waals surface area contributed by atoms with Crippen molar-refractivity contribution >= 4 is 5.96 Å². The molecule has 0 radical (unpaired) electrons. The summed E-state index contributed by atoms with van der Waals surface area (Å²) in [7, 11) is 1.67. The number of hydrogen-bond donors (Lipinski definition) is 2. The van der Waals surface area contributed by atoms with Crippen molar-refractivity contribution in [2.75, 3.05) is 26.8 Å². The lowest BCUT2D eigenvalue weighted by molar-refractivity contribution is 0.203. The molecule has 0 unspecified atom stereocenters. The van der Waals surface area contributed by atoms with Gasteiger partial charge < -0.3 is 19.8 Å². The Labute approximate surface area is 137 Å². The molecule has 0 atom stereocenters. The fourth-order valence-corrected chi connectivity index (χ4v) is 1.99. The minimum atomic E-state index is 0.383. The molecule has 0 aliphatic heterocycles. The largest absolute Gasteiger partial charge is 0.439 e. The third kappa shape index (κ3) is 5.41. The number of aryl methyl sites for hydroxylation is 1. The molecule has 6 nitrogen and oxygen atoms in total. The van der Waals surface area contributed by atoms with E-state index in [1.807, 2.05) is 19.1 Å². The van der Waals surface area contributed by atoms with Gasteiger partial charge in [-0.3, -0.25) is 0 Å². The number of nitrogens with zero attached hydrogens (tertiary/aromatic N) is 2. The summed E-state index contributed by atoms with van der Waals surface area (Å²) in [6.07, 6.45) is 1.74.